The van der Waals surface area contributed by atoms with Gasteiger partial charge in [0.2, 0.25) is 0 Å². The van der Waals surface area contributed by atoms with Crippen LogP contribution in [-0.4, -0.2) is 40.8 Å². The second kappa shape index (κ2) is 4.20. The quantitative estimate of drug-likeness (QED) is 0.831. The molecule has 0 aromatic carbocycles. The summed E-state index contributed by atoms with van der Waals surface area (Å²) in [5.41, 5.74) is 0.637. The largest absolute Gasteiger partial charge is 0.308 e. The monoisotopic (exact) mass is 338 g/mol. The molecular formula is C8H8BrClN4O2S. The van der Waals surface area contributed by atoms with E-state index in [1.165, 1.54) is 26.5 Å². The third-order valence-corrected chi connectivity index (χ3v) is 4.56. The van der Waals surface area contributed by atoms with E-state index >= 15 is 0 Å². The number of aromatic nitrogens is 3. The van der Waals surface area contributed by atoms with Crippen LogP contribution in [0.3, 0.4) is 0 Å². The Kier molecular flexibility index (Phi) is 3.15. The SMILES string of the molecule is CN(C)S(=O)(=O)n1cc(Br)c2ncc(Cl)nc21. The molecule has 0 fully saturated rings. The summed E-state index contributed by atoms with van der Waals surface area (Å²) >= 11 is 8.95. The van der Waals surface area contributed by atoms with Gasteiger partial charge >= 0.3 is 10.2 Å². The van der Waals surface area contributed by atoms with Gasteiger partial charge in [0.1, 0.15) is 10.7 Å². The summed E-state index contributed by atoms with van der Waals surface area (Å²) in [6, 6.07) is 0. The van der Waals surface area contributed by atoms with Gasteiger partial charge in [0.05, 0.1) is 10.7 Å². The van der Waals surface area contributed by atoms with Gasteiger partial charge in [-0.25, -0.2) is 13.9 Å². The van der Waals surface area contributed by atoms with Gasteiger partial charge in [-0.2, -0.15) is 12.7 Å². The van der Waals surface area contributed by atoms with E-state index in [0.717, 1.165) is 8.28 Å². The maximum atomic E-state index is 12.0. The van der Waals surface area contributed by atoms with Crippen LogP contribution in [0.1, 0.15) is 0 Å². The number of nitrogens with zero attached hydrogens (tertiary/aromatic N) is 4. The smallest absolute Gasteiger partial charge is 0.248 e. The topological polar surface area (TPSA) is 68.1 Å². The molecule has 0 saturated carbocycles. The molecule has 0 spiro atoms. The molecule has 0 bridgehead atoms. The van der Waals surface area contributed by atoms with Crippen molar-refractivity contribution in [2.24, 2.45) is 0 Å². The number of halogens is 2. The lowest BCUT2D eigenvalue weighted by molar-refractivity contribution is 0.512. The Hall–Kier alpha value is -0.700. The third kappa shape index (κ3) is 2.05. The lowest BCUT2D eigenvalue weighted by Crippen LogP contribution is -2.28. The molecule has 2 aromatic heterocycles. The van der Waals surface area contributed by atoms with Gasteiger partial charge in [-0.3, -0.25) is 0 Å². The first-order valence-corrected chi connectivity index (χ1v) is 7.03. The number of fused-ring (bicyclic) bond motifs is 1. The van der Waals surface area contributed by atoms with Crippen molar-refractivity contribution in [1.29, 1.82) is 0 Å². The zero-order chi connectivity index (χ0) is 12.8. The van der Waals surface area contributed by atoms with E-state index in [1.54, 1.807) is 0 Å². The number of hydrogen-bond acceptors (Lipinski definition) is 4. The fourth-order valence-electron chi connectivity index (χ4n) is 1.26. The van der Waals surface area contributed by atoms with Gasteiger partial charge < -0.3 is 0 Å². The Labute approximate surface area is 112 Å². The molecule has 92 valence electrons. The maximum Gasteiger partial charge on any atom is 0.308 e. The highest BCUT2D eigenvalue weighted by Crippen LogP contribution is 2.25. The molecule has 0 N–H and O–H groups in total. The van der Waals surface area contributed by atoms with Gasteiger partial charge in [0.15, 0.2) is 5.65 Å². The van der Waals surface area contributed by atoms with Crippen LogP contribution < -0.4 is 0 Å². The highest BCUT2D eigenvalue weighted by molar-refractivity contribution is 9.10. The summed E-state index contributed by atoms with van der Waals surface area (Å²) in [5.74, 6) is 0. The van der Waals surface area contributed by atoms with Crippen molar-refractivity contribution in [2.45, 2.75) is 0 Å². The Morgan fingerprint density at radius 1 is 1.47 bits per heavy atom. The summed E-state index contributed by atoms with van der Waals surface area (Å²) in [7, 11) is -0.765. The molecule has 0 aliphatic carbocycles. The van der Waals surface area contributed by atoms with Crippen LogP contribution in [0.15, 0.2) is 16.9 Å². The molecule has 9 heteroatoms. The highest BCUT2D eigenvalue weighted by Gasteiger charge is 2.22. The van der Waals surface area contributed by atoms with Crippen LogP contribution in [0, 0.1) is 0 Å². The van der Waals surface area contributed by atoms with E-state index < -0.39 is 10.2 Å². The fraction of sp³-hybridized carbons (Fsp3) is 0.250. The Bertz CT molecular complexity index is 682. The molecule has 0 amide bonds. The summed E-state index contributed by atoms with van der Waals surface area (Å²) in [6.07, 6.45) is 2.76. The molecule has 0 aliphatic rings. The Morgan fingerprint density at radius 2 is 2.12 bits per heavy atom. The summed E-state index contributed by atoms with van der Waals surface area (Å²) in [5, 5.41) is 0.137. The predicted molar refractivity (Wildman–Crippen MR) is 68.2 cm³/mol. The predicted octanol–water partition coefficient (Wildman–Crippen LogP) is 1.50. The standard InChI is InChI=1S/C8H8BrClN4O2S/c1-13(2)17(15,16)14-4-5(9)7-8(14)12-6(10)3-11-7/h3-4H,1-2H3. The number of hydrogen-bond donors (Lipinski definition) is 0. The zero-order valence-corrected chi connectivity index (χ0v) is 12.1. The van der Waals surface area contributed by atoms with Crippen molar-refractivity contribution in [2.75, 3.05) is 14.1 Å². The minimum atomic E-state index is -3.64. The van der Waals surface area contributed by atoms with Gasteiger partial charge in [0.25, 0.3) is 0 Å². The molecule has 2 aromatic rings. The van der Waals surface area contributed by atoms with Crippen LogP contribution in [-0.2, 0) is 10.2 Å². The van der Waals surface area contributed by atoms with E-state index in [1.807, 2.05) is 0 Å². The molecule has 17 heavy (non-hydrogen) atoms. The van der Waals surface area contributed by atoms with Gasteiger partial charge in [0, 0.05) is 20.3 Å². The van der Waals surface area contributed by atoms with Gasteiger partial charge in [-0.05, 0) is 15.9 Å². The van der Waals surface area contributed by atoms with Crippen molar-refractivity contribution < 1.29 is 8.42 Å². The first-order chi connectivity index (χ1) is 7.84. The Balaban J connectivity index is 2.84. The van der Waals surface area contributed by atoms with Crippen LogP contribution in [0.2, 0.25) is 5.15 Å². The average molecular weight is 340 g/mol. The molecule has 0 saturated heterocycles. The van der Waals surface area contributed by atoms with Crippen molar-refractivity contribution in [3.63, 3.8) is 0 Å². The first-order valence-electron chi connectivity index (χ1n) is 4.46. The van der Waals surface area contributed by atoms with Gasteiger partial charge in [-0.1, -0.05) is 11.6 Å². The van der Waals surface area contributed by atoms with E-state index in [-0.39, 0.29) is 10.8 Å². The minimum Gasteiger partial charge on any atom is -0.248 e. The lowest BCUT2D eigenvalue weighted by atomic mass is 10.5. The van der Waals surface area contributed by atoms with Crippen molar-refractivity contribution >= 4 is 48.9 Å². The Morgan fingerprint density at radius 3 is 2.71 bits per heavy atom. The van der Waals surface area contributed by atoms with Crippen LogP contribution in [0.25, 0.3) is 11.2 Å². The van der Waals surface area contributed by atoms with Crippen LogP contribution >= 0.6 is 27.5 Å². The van der Waals surface area contributed by atoms with E-state index in [2.05, 4.69) is 25.9 Å². The van der Waals surface area contributed by atoms with Crippen molar-refractivity contribution in [1.82, 2.24) is 18.2 Å². The van der Waals surface area contributed by atoms with Crippen molar-refractivity contribution in [3.8, 4) is 0 Å². The molecule has 0 aliphatic heterocycles. The summed E-state index contributed by atoms with van der Waals surface area (Å²) in [6.45, 7) is 0. The molecule has 2 heterocycles. The van der Waals surface area contributed by atoms with E-state index in [4.69, 9.17) is 11.6 Å². The van der Waals surface area contributed by atoms with E-state index in [0.29, 0.717) is 9.99 Å². The summed E-state index contributed by atoms with van der Waals surface area (Å²) in [4.78, 5) is 8.00. The third-order valence-electron chi connectivity index (χ3n) is 2.10. The molecule has 2 rings (SSSR count). The van der Waals surface area contributed by atoms with Gasteiger partial charge in [-0.15, -0.1) is 0 Å². The number of rotatable bonds is 2. The van der Waals surface area contributed by atoms with E-state index in [9.17, 15) is 8.42 Å². The first kappa shape index (κ1) is 12.7. The maximum absolute atomic E-state index is 12.0. The second-order valence-electron chi connectivity index (χ2n) is 3.43. The molecule has 0 radical (unpaired) electrons. The highest BCUT2D eigenvalue weighted by atomic mass is 79.9. The second-order valence-corrected chi connectivity index (χ2v) is 6.69. The summed E-state index contributed by atoms with van der Waals surface area (Å²) < 4.78 is 26.7. The fourth-order valence-corrected chi connectivity index (χ4v) is 2.94. The van der Waals surface area contributed by atoms with Crippen LogP contribution in [0.4, 0.5) is 0 Å². The van der Waals surface area contributed by atoms with Crippen LogP contribution in [0.5, 0.6) is 0 Å². The van der Waals surface area contributed by atoms with Crippen molar-refractivity contribution in [3.05, 3.63) is 22.0 Å². The lowest BCUT2D eigenvalue weighted by Gasteiger charge is -2.12. The molecule has 0 unspecified atom stereocenters. The zero-order valence-electron chi connectivity index (χ0n) is 8.92. The normalized spacial score (nSPS) is 12.5. The molecular weight excluding hydrogens is 332 g/mol. The average Bonchev–Trinajstić information content (AvgIpc) is 2.56. The molecule has 6 nitrogen and oxygen atoms in total. The molecule has 0 atom stereocenters. The minimum absolute atomic E-state index is 0.137.